The standard InChI is InChI=1S/C21H28N2O5/c1-3-28-20(24)16-8-10-22(11-9-16)19-14-17(27-2)4-5-18(19)15-6-12-23(13-7-15)21(25)26/h4-6,14,16H,3,7-13H2,1-2H3,(H,25,26). The monoisotopic (exact) mass is 388 g/mol. The van der Waals surface area contributed by atoms with Gasteiger partial charge >= 0.3 is 12.1 Å². The summed E-state index contributed by atoms with van der Waals surface area (Å²) in [6.07, 6.45) is 3.33. The highest BCUT2D eigenvalue weighted by molar-refractivity contribution is 5.80. The van der Waals surface area contributed by atoms with Crippen molar-refractivity contribution in [2.24, 2.45) is 5.92 Å². The highest BCUT2D eigenvalue weighted by Gasteiger charge is 2.28. The number of amides is 1. The molecule has 0 radical (unpaired) electrons. The van der Waals surface area contributed by atoms with Gasteiger partial charge in [-0.05, 0) is 43.9 Å². The first-order chi connectivity index (χ1) is 13.5. The van der Waals surface area contributed by atoms with Crippen LogP contribution in [0.25, 0.3) is 5.57 Å². The summed E-state index contributed by atoms with van der Waals surface area (Å²) in [6, 6.07) is 6.02. The number of carbonyl (C=O) groups excluding carboxylic acids is 1. The van der Waals surface area contributed by atoms with Crippen LogP contribution in [-0.4, -0.2) is 62.0 Å². The van der Waals surface area contributed by atoms with Crippen molar-refractivity contribution < 1.29 is 24.2 Å². The van der Waals surface area contributed by atoms with E-state index in [4.69, 9.17) is 14.6 Å². The van der Waals surface area contributed by atoms with Crippen LogP contribution < -0.4 is 9.64 Å². The SMILES string of the molecule is CCOC(=O)C1CCN(c2cc(OC)ccc2C2=CCN(C(=O)O)CC2)CC1. The minimum absolute atomic E-state index is 0.0386. The van der Waals surface area contributed by atoms with Gasteiger partial charge in [-0.1, -0.05) is 6.08 Å². The molecule has 0 saturated carbocycles. The molecule has 0 bridgehead atoms. The molecule has 1 fully saturated rings. The smallest absolute Gasteiger partial charge is 0.407 e. The number of piperidine rings is 1. The van der Waals surface area contributed by atoms with Crippen molar-refractivity contribution in [1.82, 2.24) is 4.90 Å². The summed E-state index contributed by atoms with van der Waals surface area (Å²) >= 11 is 0. The van der Waals surface area contributed by atoms with Gasteiger partial charge in [-0.15, -0.1) is 0 Å². The molecular weight excluding hydrogens is 360 g/mol. The lowest BCUT2D eigenvalue weighted by molar-refractivity contribution is -0.148. The van der Waals surface area contributed by atoms with Gasteiger partial charge in [-0.2, -0.15) is 0 Å². The molecule has 0 spiro atoms. The van der Waals surface area contributed by atoms with Gasteiger partial charge < -0.3 is 24.4 Å². The number of hydrogen-bond acceptors (Lipinski definition) is 5. The molecule has 1 aromatic carbocycles. The fourth-order valence-electron chi connectivity index (χ4n) is 3.88. The minimum atomic E-state index is -0.883. The Morgan fingerprint density at radius 1 is 1.21 bits per heavy atom. The highest BCUT2D eigenvalue weighted by Crippen LogP contribution is 2.36. The van der Waals surface area contributed by atoms with Gasteiger partial charge in [-0.3, -0.25) is 4.79 Å². The van der Waals surface area contributed by atoms with Crippen molar-refractivity contribution in [3.05, 3.63) is 29.8 Å². The van der Waals surface area contributed by atoms with Crippen molar-refractivity contribution in [3.63, 3.8) is 0 Å². The molecule has 0 atom stereocenters. The van der Waals surface area contributed by atoms with Crippen molar-refractivity contribution in [1.29, 1.82) is 0 Å². The molecule has 3 rings (SSSR count). The van der Waals surface area contributed by atoms with E-state index >= 15 is 0 Å². The zero-order chi connectivity index (χ0) is 20.1. The van der Waals surface area contributed by atoms with Gasteiger partial charge in [0.25, 0.3) is 0 Å². The predicted octanol–water partition coefficient (Wildman–Crippen LogP) is 3.24. The Kier molecular flexibility index (Phi) is 6.44. The van der Waals surface area contributed by atoms with E-state index in [2.05, 4.69) is 4.90 Å². The molecule has 7 nitrogen and oxygen atoms in total. The topological polar surface area (TPSA) is 79.3 Å². The lowest BCUT2D eigenvalue weighted by Crippen LogP contribution is -2.37. The Morgan fingerprint density at radius 3 is 2.54 bits per heavy atom. The molecule has 152 valence electrons. The lowest BCUT2D eigenvalue weighted by Gasteiger charge is -2.35. The van der Waals surface area contributed by atoms with Gasteiger partial charge in [0.1, 0.15) is 5.75 Å². The van der Waals surface area contributed by atoms with Crippen LogP contribution in [0, 0.1) is 5.92 Å². The summed E-state index contributed by atoms with van der Waals surface area (Å²) in [5, 5.41) is 9.16. The molecule has 2 heterocycles. The zero-order valence-corrected chi connectivity index (χ0v) is 16.5. The number of esters is 1. The van der Waals surface area contributed by atoms with Crippen LogP contribution in [0.3, 0.4) is 0 Å². The average molecular weight is 388 g/mol. The Balaban J connectivity index is 1.79. The first-order valence-electron chi connectivity index (χ1n) is 9.80. The van der Waals surface area contributed by atoms with E-state index in [1.165, 1.54) is 4.90 Å². The van der Waals surface area contributed by atoms with Crippen LogP contribution in [0.5, 0.6) is 5.75 Å². The third kappa shape index (κ3) is 4.40. The Labute approximate surface area is 165 Å². The van der Waals surface area contributed by atoms with E-state index in [-0.39, 0.29) is 11.9 Å². The molecule has 1 amide bonds. The maximum Gasteiger partial charge on any atom is 0.407 e. The van der Waals surface area contributed by atoms with Gasteiger partial charge in [0.15, 0.2) is 0 Å². The van der Waals surface area contributed by atoms with E-state index in [9.17, 15) is 9.59 Å². The van der Waals surface area contributed by atoms with E-state index in [0.717, 1.165) is 48.5 Å². The first-order valence-corrected chi connectivity index (χ1v) is 9.80. The van der Waals surface area contributed by atoms with Gasteiger partial charge in [0.2, 0.25) is 0 Å². The molecule has 2 aliphatic rings. The summed E-state index contributed by atoms with van der Waals surface area (Å²) < 4.78 is 10.6. The van der Waals surface area contributed by atoms with Crippen molar-refractivity contribution in [2.75, 3.05) is 44.8 Å². The lowest BCUT2D eigenvalue weighted by atomic mass is 9.93. The van der Waals surface area contributed by atoms with E-state index in [1.807, 2.05) is 31.2 Å². The van der Waals surface area contributed by atoms with Crippen molar-refractivity contribution in [2.45, 2.75) is 26.2 Å². The summed E-state index contributed by atoms with van der Waals surface area (Å²) in [7, 11) is 1.65. The van der Waals surface area contributed by atoms with Crippen LogP contribution >= 0.6 is 0 Å². The Bertz CT molecular complexity index is 753. The molecule has 0 aliphatic carbocycles. The van der Waals surface area contributed by atoms with Crippen molar-refractivity contribution in [3.8, 4) is 5.75 Å². The molecule has 1 saturated heterocycles. The first kappa shape index (κ1) is 20.0. The maximum absolute atomic E-state index is 12.0. The van der Waals surface area contributed by atoms with Crippen molar-refractivity contribution >= 4 is 23.3 Å². The van der Waals surface area contributed by atoms with Crippen LogP contribution in [0.1, 0.15) is 31.7 Å². The number of benzene rings is 1. The quantitative estimate of drug-likeness (QED) is 0.780. The third-order valence-electron chi connectivity index (χ3n) is 5.49. The molecule has 1 aromatic rings. The molecule has 0 unspecified atom stereocenters. The molecule has 1 N–H and O–H groups in total. The minimum Gasteiger partial charge on any atom is -0.497 e. The summed E-state index contributed by atoms with van der Waals surface area (Å²) in [5.41, 5.74) is 3.35. The predicted molar refractivity (Wildman–Crippen MR) is 107 cm³/mol. The number of hydrogen-bond donors (Lipinski definition) is 1. The van der Waals surface area contributed by atoms with Crippen LogP contribution in [0.15, 0.2) is 24.3 Å². The maximum atomic E-state index is 12.0. The second-order valence-electron chi connectivity index (χ2n) is 7.10. The number of carboxylic acid groups (broad SMARTS) is 1. The molecule has 2 aliphatic heterocycles. The molecule has 7 heteroatoms. The van der Waals surface area contributed by atoms with Gasteiger partial charge in [0, 0.05) is 43.5 Å². The number of anilines is 1. The van der Waals surface area contributed by atoms with E-state index < -0.39 is 6.09 Å². The number of nitrogens with zero attached hydrogens (tertiary/aromatic N) is 2. The fraction of sp³-hybridized carbons (Fsp3) is 0.524. The summed E-state index contributed by atoms with van der Waals surface area (Å²) in [4.78, 5) is 26.9. The zero-order valence-electron chi connectivity index (χ0n) is 16.5. The Hall–Kier alpha value is -2.70. The largest absolute Gasteiger partial charge is 0.497 e. The Morgan fingerprint density at radius 2 is 1.96 bits per heavy atom. The van der Waals surface area contributed by atoms with Gasteiger partial charge in [-0.25, -0.2) is 4.79 Å². The normalized spacial score (nSPS) is 17.9. The van der Waals surface area contributed by atoms with Gasteiger partial charge in [0.05, 0.1) is 19.6 Å². The van der Waals surface area contributed by atoms with Crippen LogP contribution in [-0.2, 0) is 9.53 Å². The second-order valence-corrected chi connectivity index (χ2v) is 7.10. The van der Waals surface area contributed by atoms with Crippen LogP contribution in [0.2, 0.25) is 0 Å². The summed E-state index contributed by atoms with van der Waals surface area (Å²) in [5.74, 6) is 0.648. The summed E-state index contributed by atoms with van der Waals surface area (Å²) in [6.45, 7) is 4.70. The van der Waals surface area contributed by atoms with Crippen LogP contribution in [0.4, 0.5) is 10.5 Å². The van der Waals surface area contributed by atoms with E-state index in [1.54, 1.807) is 7.11 Å². The molecular formula is C21H28N2O5. The third-order valence-corrected chi connectivity index (χ3v) is 5.49. The fourth-order valence-corrected chi connectivity index (χ4v) is 3.88. The second kappa shape index (κ2) is 8.99. The number of methoxy groups -OCH3 is 1. The number of rotatable bonds is 5. The molecule has 0 aromatic heterocycles. The average Bonchev–Trinajstić information content (AvgIpc) is 2.73. The number of ether oxygens (including phenoxy) is 2. The van der Waals surface area contributed by atoms with E-state index in [0.29, 0.717) is 26.1 Å². The highest BCUT2D eigenvalue weighted by atomic mass is 16.5. The molecule has 28 heavy (non-hydrogen) atoms. The number of carbonyl (C=O) groups is 2.